The SMILES string of the molecule is CN=C(NCC(O)c1ccc(Cl)s1)NC1CCc2nnc(C(C)C)n2C1.I. The molecule has 0 fully saturated rings. The zero-order chi connectivity index (χ0) is 18.7. The van der Waals surface area contributed by atoms with Gasteiger partial charge in [-0.05, 0) is 18.6 Å². The van der Waals surface area contributed by atoms with Crippen LogP contribution in [0.4, 0.5) is 0 Å². The number of nitrogens with one attached hydrogen (secondary N) is 2. The van der Waals surface area contributed by atoms with Crippen molar-refractivity contribution < 1.29 is 5.11 Å². The van der Waals surface area contributed by atoms with E-state index in [1.54, 1.807) is 13.1 Å². The number of hydrogen-bond donors (Lipinski definition) is 3. The predicted octanol–water partition coefficient (Wildman–Crippen LogP) is 2.95. The zero-order valence-corrected chi connectivity index (χ0v) is 19.5. The number of guanidine groups is 1. The maximum absolute atomic E-state index is 10.3. The molecule has 10 heteroatoms. The maximum Gasteiger partial charge on any atom is 0.191 e. The Morgan fingerprint density at radius 3 is 2.85 bits per heavy atom. The largest absolute Gasteiger partial charge is 0.386 e. The highest BCUT2D eigenvalue weighted by Crippen LogP contribution is 2.26. The average molecular weight is 525 g/mol. The molecule has 0 aromatic carbocycles. The standard InChI is InChI=1S/C17H25ClN6OS.HI/c1-10(2)16-23-22-15-7-4-11(9-24(15)16)21-17(19-3)20-8-12(25)13-5-6-14(18)26-13;/h5-6,10-12,25H,4,7-9H2,1-3H3,(H2,19,20,21);1H. The van der Waals surface area contributed by atoms with Gasteiger partial charge in [0.15, 0.2) is 5.96 Å². The number of aromatic nitrogens is 3. The summed E-state index contributed by atoms with van der Waals surface area (Å²) in [6, 6.07) is 3.89. The number of aliphatic hydroxyl groups excluding tert-OH is 1. The van der Waals surface area contributed by atoms with E-state index in [1.165, 1.54) is 11.3 Å². The monoisotopic (exact) mass is 524 g/mol. The molecule has 1 aliphatic rings. The highest BCUT2D eigenvalue weighted by molar-refractivity contribution is 14.0. The molecule has 7 nitrogen and oxygen atoms in total. The van der Waals surface area contributed by atoms with Gasteiger partial charge in [-0.15, -0.1) is 45.5 Å². The molecule has 2 unspecified atom stereocenters. The van der Waals surface area contributed by atoms with Crippen LogP contribution in [0.25, 0.3) is 0 Å². The van der Waals surface area contributed by atoms with Crippen molar-refractivity contribution in [1.82, 2.24) is 25.4 Å². The van der Waals surface area contributed by atoms with Crippen molar-refractivity contribution in [2.24, 2.45) is 4.99 Å². The summed E-state index contributed by atoms with van der Waals surface area (Å²) in [5.74, 6) is 3.11. The summed E-state index contributed by atoms with van der Waals surface area (Å²) >= 11 is 7.31. The molecule has 0 saturated carbocycles. The first kappa shape index (κ1) is 22.4. The van der Waals surface area contributed by atoms with Crippen molar-refractivity contribution in [3.05, 3.63) is 33.0 Å². The van der Waals surface area contributed by atoms with Crippen LogP contribution in [-0.4, -0.2) is 45.5 Å². The van der Waals surface area contributed by atoms with Crippen LogP contribution in [0.1, 0.15) is 48.8 Å². The number of aryl methyl sites for hydroxylation is 1. The highest BCUT2D eigenvalue weighted by Gasteiger charge is 2.24. The van der Waals surface area contributed by atoms with Gasteiger partial charge in [-0.3, -0.25) is 4.99 Å². The summed E-state index contributed by atoms with van der Waals surface area (Å²) in [5, 5.41) is 25.5. The van der Waals surface area contributed by atoms with Crippen molar-refractivity contribution in [1.29, 1.82) is 0 Å². The summed E-state index contributed by atoms with van der Waals surface area (Å²) in [7, 11) is 1.73. The minimum atomic E-state index is -0.616. The molecular weight excluding hydrogens is 499 g/mol. The van der Waals surface area contributed by atoms with E-state index >= 15 is 0 Å². The maximum atomic E-state index is 10.3. The van der Waals surface area contributed by atoms with Gasteiger partial charge >= 0.3 is 0 Å². The minimum Gasteiger partial charge on any atom is -0.386 e. The molecule has 0 bridgehead atoms. The van der Waals surface area contributed by atoms with Gasteiger partial charge < -0.3 is 20.3 Å². The smallest absolute Gasteiger partial charge is 0.191 e. The van der Waals surface area contributed by atoms with E-state index in [4.69, 9.17) is 11.6 Å². The highest BCUT2D eigenvalue weighted by atomic mass is 127. The molecule has 2 atom stereocenters. The number of hydrogen-bond acceptors (Lipinski definition) is 5. The molecule has 3 N–H and O–H groups in total. The molecule has 0 amide bonds. The second-order valence-corrected chi connectivity index (χ2v) is 8.48. The van der Waals surface area contributed by atoms with Gasteiger partial charge in [-0.1, -0.05) is 25.4 Å². The van der Waals surface area contributed by atoms with Crippen LogP contribution in [0.5, 0.6) is 0 Å². The molecule has 0 saturated heterocycles. The van der Waals surface area contributed by atoms with E-state index in [2.05, 4.69) is 44.2 Å². The third-order valence-electron chi connectivity index (χ3n) is 4.44. The van der Waals surface area contributed by atoms with Gasteiger partial charge in [0.1, 0.15) is 17.8 Å². The lowest BCUT2D eigenvalue weighted by Gasteiger charge is -2.27. The lowest BCUT2D eigenvalue weighted by molar-refractivity contribution is 0.184. The second-order valence-electron chi connectivity index (χ2n) is 6.73. The summed E-state index contributed by atoms with van der Waals surface area (Å²) in [6.07, 6.45) is 1.25. The summed E-state index contributed by atoms with van der Waals surface area (Å²) < 4.78 is 2.89. The van der Waals surface area contributed by atoms with E-state index in [9.17, 15) is 5.11 Å². The molecule has 2 aromatic heterocycles. The molecule has 27 heavy (non-hydrogen) atoms. The van der Waals surface area contributed by atoms with Crippen LogP contribution in [-0.2, 0) is 13.0 Å². The van der Waals surface area contributed by atoms with Gasteiger partial charge in [-0.25, -0.2) is 0 Å². The Morgan fingerprint density at radius 1 is 1.44 bits per heavy atom. The van der Waals surface area contributed by atoms with Gasteiger partial charge in [0.2, 0.25) is 0 Å². The molecule has 0 aliphatic carbocycles. The average Bonchev–Trinajstić information content (AvgIpc) is 3.24. The van der Waals surface area contributed by atoms with E-state index < -0.39 is 6.10 Å². The number of nitrogens with zero attached hydrogens (tertiary/aromatic N) is 4. The quantitative estimate of drug-likeness (QED) is 0.318. The molecule has 3 heterocycles. The van der Waals surface area contributed by atoms with Crippen molar-refractivity contribution in [3.63, 3.8) is 0 Å². The van der Waals surface area contributed by atoms with Crippen LogP contribution in [0.2, 0.25) is 4.34 Å². The Morgan fingerprint density at radius 2 is 2.22 bits per heavy atom. The predicted molar refractivity (Wildman–Crippen MR) is 120 cm³/mol. The minimum absolute atomic E-state index is 0. The molecule has 1 aliphatic heterocycles. The Kier molecular flexibility index (Phi) is 8.32. The third kappa shape index (κ3) is 5.55. The van der Waals surface area contributed by atoms with Crippen molar-refractivity contribution >= 4 is 52.9 Å². The van der Waals surface area contributed by atoms with Crippen LogP contribution in [0, 0.1) is 0 Å². The first-order chi connectivity index (χ1) is 12.5. The molecule has 150 valence electrons. The molecule has 3 rings (SSSR count). The van der Waals surface area contributed by atoms with E-state index in [1.807, 2.05) is 6.07 Å². The summed E-state index contributed by atoms with van der Waals surface area (Å²) in [4.78, 5) is 5.11. The van der Waals surface area contributed by atoms with Gasteiger partial charge in [0.25, 0.3) is 0 Å². The Labute approximate surface area is 185 Å². The van der Waals surface area contributed by atoms with Crippen molar-refractivity contribution in [2.75, 3.05) is 13.6 Å². The summed E-state index contributed by atoms with van der Waals surface area (Å²) in [5.41, 5.74) is 0. The number of fused-ring (bicyclic) bond motifs is 1. The first-order valence-corrected chi connectivity index (χ1v) is 9.99. The summed E-state index contributed by atoms with van der Waals surface area (Å²) in [6.45, 7) is 5.46. The van der Waals surface area contributed by atoms with E-state index in [0.717, 1.165) is 35.9 Å². The number of aliphatic imine (C=N–C) groups is 1. The third-order valence-corrected chi connectivity index (χ3v) is 5.77. The zero-order valence-electron chi connectivity index (χ0n) is 15.6. The van der Waals surface area contributed by atoms with Crippen LogP contribution >= 0.6 is 46.9 Å². The van der Waals surface area contributed by atoms with E-state index in [0.29, 0.717) is 22.8 Å². The topological polar surface area (TPSA) is 87.4 Å². The Hall–Kier alpha value is -0.910. The van der Waals surface area contributed by atoms with Gasteiger partial charge in [-0.2, -0.15) is 0 Å². The van der Waals surface area contributed by atoms with Crippen molar-refractivity contribution in [3.8, 4) is 0 Å². The number of halogens is 2. The fourth-order valence-corrected chi connectivity index (χ4v) is 4.13. The van der Waals surface area contributed by atoms with Gasteiger partial charge in [0.05, 0.1) is 4.34 Å². The number of rotatable bonds is 5. The normalized spacial score (nSPS) is 18.0. The molecule has 0 radical (unpaired) electrons. The Bertz CT molecular complexity index is 777. The number of aliphatic hydroxyl groups is 1. The fourth-order valence-electron chi connectivity index (χ4n) is 3.08. The molecular formula is C17H26ClIN6OS. The lowest BCUT2D eigenvalue weighted by Crippen LogP contribution is -2.47. The first-order valence-electron chi connectivity index (χ1n) is 8.80. The Balaban J connectivity index is 0.00000261. The lowest BCUT2D eigenvalue weighted by atomic mass is 10.1. The number of thiophene rings is 1. The fraction of sp³-hybridized carbons (Fsp3) is 0.588. The second kappa shape index (κ2) is 10.0. The molecule has 0 spiro atoms. The van der Waals surface area contributed by atoms with Gasteiger partial charge in [0, 0.05) is 43.4 Å². The van der Waals surface area contributed by atoms with Crippen LogP contribution in [0.15, 0.2) is 17.1 Å². The van der Waals surface area contributed by atoms with Crippen LogP contribution in [0.3, 0.4) is 0 Å². The molecule has 2 aromatic rings. The van der Waals surface area contributed by atoms with Crippen molar-refractivity contribution in [2.45, 2.75) is 51.3 Å². The van der Waals surface area contributed by atoms with E-state index in [-0.39, 0.29) is 30.0 Å². The van der Waals surface area contributed by atoms with Crippen LogP contribution < -0.4 is 10.6 Å².